The number of aromatic nitrogens is 4. The Morgan fingerprint density at radius 1 is 1.00 bits per heavy atom. The Bertz CT molecular complexity index is 1120. The van der Waals surface area contributed by atoms with Crippen LogP contribution in [0.15, 0.2) is 30.3 Å². The molecule has 2 fully saturated rings. The van der Waals surface area contributed by atoms with Gasteiger partial charge in [-0.05, 0) is 30.3 Å². The van der Waals surface area contributed by atoms with Crippen LogP contribution in [0, 0.1) is 11.8 Å². The van der Waals surface area contributed by atoms with Crippen molar-refractivity contribution in [3.8, 4) is 11.5 Å². The van der Waals surface area contributed by atoms with Crippen LogP contribution in [-0.4, -0.2) is 71.0 Å². The molecule has 2 atom stereocenters. The summed E-state index contributed by atoms with van der Waals surface area (Å²) in [4.78, 5) is 17.3. The number of methoxy groups -OCH3 is 2. The summed E-state index contributed by atoms with van der Waals surface area (Å²) in [5.41, 5.74) is 1.40. The lowest BCUT2D eigenvalue weighted by Gasteiger charge is -2.22. The van der Waals surface area contributed by atoms with Crippen molar-refractivity contribution >= 4 is 17.4 Å². The maximum absolute atomic E-state index is 13.1. The number of likely N-dealkylation sites (tertiary alicyclic amines) is 1. The SMILES string of the molecule is CCc1nnc2ccc(N3CC4CN(C(=O)c5ccc(OC)c(OC)c5)CC4C3)nn12. The van der Waals surface area contributed by atoms with E-state index >= 15 is 0 Å². The van der Waals surface area contributed by atoms with E-state index in [-0.39, 0.29) is 5.91 Å². The second-order valence-electron chi connectivity index (χ2n) is 8.14. The average molecular weight is 422 g/mol. The van der Waals surface area contributed by atoms with Crippen molar-refractivity contribution in [2.45, 2.75) is 13.3 Å². The van der Waals surface area contributed by atoms with Gasteiger partial charge in [0.1, 0.15) is 5.82 Å². The third-order valence-electron chi connectivity index (χ3n) is 6.36. The minimum Gasteiger partial charge on any atom is -0.493 e. The fourth-order valence-electron chi connectivity index (χ4n) is 4.71. The summed E-state index contributed by atoms with van der Waals surface area (Å²) in [6.45, 7) is 5.34. The molecule has 2 aliphatic rings. The van der Waals surface area contributed by atoms with E-state index in [1.165, 1.54) is 0 Å². The van der Waals surface area contributed by atoms with Gasteiger partial charge in [0.25, 0.3) is 5.91 Å². The van der Waals surface area contributed by atoms with Gasteiger partial charge in [-0.25, -0.2) is 0 Å². The fraction of sp³-hybridized carbons (Fsp3) is 0.455. The smallest absolute Gasteiger partial charge is 0.254 e. The van der Waals surface area contributed by atoms with Crippen LogP contribution >= 0.6 is 0 Å². The highest BCUT2D eigenvalue weighted by molar-refractivity contribution is 5.95. The zero-order chi connectivity index (χ0) is 21.5. The predicted octanol–water partition coefficient (Wildman–Crippen LogP) is 1.91. The number of aryl methyl sites for hydroxylation is 1. The van der Waals surface area contributed by atoms with E-state index in [2.05, 4.69) is 22.0 Å². The van der Waals surface area contributed by atoms with Crippen molar-refractivity contribution < 1.29 is 14.3 Å². The number of hydrogen-bond acceptors (Lipinski definition) is 7. The lowest BCUT2D eigenvalue weighted by molar-refractivity contribution is 0.0782. The van der Waals surface area contributed by atoms with Crippen molar-refractivity contribution in [3.63, 3.8) is 0 Å². The first-order valence-electron chi connectivity index (χ1n) is 10.6. The minimum atomic E-state index is 0.0403. The van der Waals surface area contributed by atoms with Crippen LogP contribution in [-0.2, 0) is 6.42 Å². The standard InChI is InChI=1S/C22H26N6O3/c1-4-19-23-24-20-7-8-21(25-28(19)20)26-10-15-12-27(13-16(15)11-26)22(29)14-5-6-17(30-2)18(9-14)31-3/h5-9,15-16H,4,10-13H2,1-3H3. The molecule has 31 heavy (non-hydrogen) atoms. The molecule has 3 aromatic rings. The zero-order valence-corrected chi connectivity index (χ0v) is 18.0. The molecule has 1 aromatic carbocycles. The normalized spacial score (nSPS) is 20.4. The second kappa shape index (κ2) is 7.72. The number of ether oxygens (including phenoxy) is 2. The number of benzene rings is 1. The number of hydrogen-bond donors (Lipinski definition) is 0. The molecule has 0 saturated carbocycles. The van der Waals surface area contributed by atoms with Crippen LogP contribution in [0.5, 0.6) is 11.5 Å². The molecule has 0 aliphatic carbocycles. The van der Waals surface area contributed by atoms with Crippen molar-refractivity contribution in [1.82, 2.24) is 24.7 Å². The van der Waals surface area contributed by atoms with Gasteiger partial charge in [0.2, 0.25) is 0 Å². The largest absolute Gasteiger partial charge is 0.493 e. The zero-order valence-electron chi connectivity index (χ0n) is 18.0. The molecule has 4 heterocycles. The Hall–Kier alpha value is -3.36. The topological polar surface area (TPSA) is 85.1 Å². The average Bonchev–Trinajstić information content (AvgIpc) is 3.50. The van der Waals surface area contributed by atoms with E-state index in [1.807, 2.05) is 21.5 Å². The summed E-state index contributed by atoms with van der Waals surface area (Å²) in [6, 6.07) is 9.31. The maximum Gasteiger partial charge on any atom is 0.254 e. The number of fused-ring (bicyclic) bond motifs is 2. The molecule has 9 nitrogen and oxygen atoms in total. The van der Waals surface area contributed by atoms with Crippen LogP contribution in [0.1, 0.15) is 23.1 Å². The number of rotatable bonds is 5. The highest BCUT2D eigenvalue weighted by Gasteiger charge is 2.42. The van der Waals surface area contributed by atoms with Gasteiger partial charge < -0.3 is 19.3 Å². The lowest BCUT2D eigenvalue weighted by atomic mass is 10.0. The molecule has 0 spiro atoms. The number of nitrogens with zero attached hydrogens (tertiary/aromatic N) is 6. The van der Waals surface area contributed by atoms with Gasteiger partial charge in [0, 0.05) is 50.0 Å². The highest BCUT2D eigenvalue weighted by Crippen LogP contribution is 2.35. The van der Waals surface area contributed by atoms with Crippen molar-refractivity contribution in [2.75, 3.05) is 45.3 Å². The lowest BCUT2D eigenvalue weighted by Crippen LogP contribution is -2.33. The summed E-state index contributed by atoms with van der Waals surface area (Å²) >= 11 is 0. The molecular weight excluding hydrogens is 396 g/mol. The molecule has 2 saturated heterocycles. The van der Waals surface area contributed by atoms with Gasteiger partial charge >= 0.3 is 0 Å². The molecule has 0 bridgehead atoms. The quantitative estimate of drug-likeness (QED) is 0.621. The van der Waals surface area contributed by atoms with Gasteiger partial charge in [-0.2, -0.15) is 4.52 Å². The Labute approximate surface area is 180 Å². The molecular formula is C22H26N6O3. The number of carbonyl (C=O) groups is 1. The van der Waals surface area contributed by atoms with Crippen LogP contribution in [0.2, 0.25) is 0 Å². The molecule has 0 radical (unpaired) electrons. The van der Waals surface area contributed by atoms with Crippen LogP contribution in [0.3, 0.4) is 0 Å². The van der Waals surface area contributed by atoms with Gasteiger partial charge in [-0.15, -0.1) is 15.3 Å². The molecule has 162 valence electrons. The molecule has 1 amide bonds. The molecule has 2 unspecified atom stereocenters. The van der Waals surface area contributed by atoms with E-state index in [0.29, 0.717) is 28.9 Å². The van der Waals surface area contributed by atoms with E-state index in [4.69, 9.17) is 14.6 Å². The summed E-state index contributed by atoms with van der Waals surface area (Å²) in [6.07, 6.45) is 0.788. The summed E-state index contributed by atoms with van der Waals surface area (Å²) in [5.74, 6) is 3.91. The summed E-state index contributed by atoms with van der Waals surface area (Å²) in [7, 11) is 3.17. The second-order valence-corrected chi connectivity index (χ2v) is 8.14. The van der Waals surface area contributed by atoms with Gasteiger partial charge in [0.05, 0.1) is 14.2 Å². The number of anilines is 1. The van der Waals surface area contributed by atoms with Gasteiger partial charge in [-0.3, -0.25) is 4.79 Å². The molecule has 0 N–H and O–H groups in total. The number of amides is 1. The minimum absolute atomic E-state index is 0.0403. The predicted molar refractivity (Wildman–Crippen MR) is 115 cm³/mol. The van der Waals surface area contributed by atoms with E-state index in [1.54, 1.807) is 32.4 Å². The first-order valence-corrected chi connectivity index (χ1v) is 10.6. The van der Waals surface area contributed by atoms with E-state index < -0.39 is 0 Å². The maximum atomic E-state index is 13.1. The molecule has 2 aromatic heterocycles. The Kier molecular flexibility index (Phi) is 4.88. The number of carbonyl (C=O) groups excluding carboxylic acids is 1. The van der Waals surface area contributed by atoms with E-state index in [9.17, 15) is 4.79 Å². The highest BCUT2D eigenvalue weighted by atomic mass is 16.5. The first-order chi connectivity index (χ1) is 15.1. The molecule has 5 rings (SSSR count). The Balaban J connectivity index is 1.28. The monoisotopic (exact) mass is 422 g/mol. The molecule has 2 aliphatic heterocycles. The molecule has 9 heteroatoms. The summed E-state index contributed by atoms with van der Waals surface area (Å²) < 4.78 is 12.5. The fourth-order valence-corrected chi connectivity index (χ4v) is 4.71. The first kappa shape index (κ1) is 19.6. The van der Waals surface area contributed by atoms with Gasteiger partial charge in [-0.1, -0.05) is 6.92 Å². The van der Waals surface area contributed by atoms with Crippen LogP contribution < -0.4 is 14.4 Å². The Morgan fingerprint density at radius 3 is 2.42 bits per heavy atom. The van der Waals surface area contributed by atoms with Crippen LogP contribution in [0.25, 0.3) is 5.65 Å². The summed E-state index contributed by atoms with van der Waals surface area (Å²) in [5, 5.41) is 13.1. The Morgan fingerprint density at radius 2 is 1.74 bits per heavy atom. The van der Waals surface area contributed by atoms with Crippen molar-refractivity contribution in [1.29, 1.82) is 0 Å². The van der Waals surface area contributed by atoms with Crippen molar-refractivity contribution in [2.24, 2.45) is 11.8 Å². The third-order valence-corrected chi connectivity index (χ3v) is 6.36. The van der Waals surface area contributed by atoms with Crippen molar-refractivity contribution in [3.05, 3.63) is 41.7 Å². The third kappa shape index (κ3) is 3.34. The van der Waals surface area contributed by atoms with E-state index in [0.717, 1.165) is 49.9 Å². The van der Waals surface area contributed by atoms with Gasteiger partial charge in [0.15, 0.2) is 23.0 Å². The van der Waals surface area contributed by atoms with Crippen LogP contribution in [0.4, 0.5) is 5.82 Å².